The predicted molar refractivity (Wildman–Crippen MR) is 63.5 cm³/mol. The quantitative estimate of drug-likeness (QED) is 0.676. The van der Waals surface area contributed by atoms with Gasteiger partial charge in [-0.05, 0) is 43.9 Å². The van der Waals surface area contributed by atoms with Crippen molar-refractivity contribution in [2.24, 2.45) is 0 Å². The van der Waals surface area contributed by atoms with Crippen LogP contribution in [0.3, 0.4) is 0 Å². The van der Waals surface area contributed by atoms with Gasteiger partial charge in [-0.15, -0.1) is 0 Å². The summed E-state index contributed by atoms with van der Waals surface area (Å²) in [5.74, 6) is -0.214. The number of rotatable bonds is 0. The fraction of sp³-hybridized carbons (Fsp3) is 0.308. The van der Waals surface area contributed by atoms with E-state index in [1.807, 2.05) is 0 Å². The summed E-state index contributed by atoms with van der Waals surface area (Å²) in [6, 6.07) is 3.19. The third kappa shape index (κ3) is 1.26. The fourth-order valence-electron chi connectivity index (χ4n) is 2.38. The number of benzene rings is 1. The zero-order chi connectivity index (χ0) is 11.3. The summed E-state index contributed by atoms with van der Waals surface area (Å²) in [5, 5.41) is 1.64. The number of hydrogen-bond donors (Lipinski definition) is 0. The van der Waals surface area contributed by atoms with Crippen LogP contribution in [0, 0.1) is 12.7 Å². The van der Waals surface area contributed by atoms with Crippen molar-refractivity contribution in [2.75, 3.05) is 0 Å². The molecule has 1 aliphatic carbocycles. The molecule has 0 radical (unpaired) electrons. The molecule has 1 nitrogen and oxygen atoms in total. The van der Waals surface area contributed by atoms with Gasteiger partial charge in [0, 0.05) is 16.6 Å². The zero-order valence-corrected chi connectivity index (χ0v) is 9.74. The Morgan fingerprint density at radius 1 is 1.31 bits per heavy atom. The number of aromatic nitrogens is 1. The van der Waals surface area contributed by atoms with Crippen LogP contribution in [-0.2, 0) is 12.8 Å². The highest BCUT2D eigenvalue weighted by Crippen LogP contribution is 2.34. The van der Waals surface area contributed by atoms with E-state index in [-0.39, 0.29) is 5.82 Å². The molecule has 0 amide bonds. The van der Waals surface area contributed by atoms with Gasteiger partial charge in [0.2, 0.25) is 0 Å². The van der Waals surface area contributed by atoms with E-state index in [0.717, 1.165) is 40.9 Å². The number of hydrogen-bond acceptors (Lipinski definition) is 1. The van der Waals surface area contributed by atoms with Crippen molar-refractivity contribution in [3.63, 3.8) is 0 Å². The van der Waals surface area contributed by atoms with Crippen LogP contribution >= 0.6 is 11.6 Å². The molecule has 3 heteroatoms. The number of pyridine rings is 1. The smallest absolute Gasteiger partial charge is 0.128 e. The molecule has 0 atom stereocenters. The average Bonchev–Trinajstić information content (AvgIpc) is 2.73. The van der Waals surface area contributed by atoms with E-state index >= 15 is 0 Å². The maximum atomic E-state index is 13.4. The number of fused-ring (bicyclic) bond motifs is 2. The van der Waals surface area contributed by atoms with Crippen LogP contribution in [0.2, 0.25) is 5.02 Å². The molecule has 0 saturated heterocycles. The van der Waals surface area contributed by atoms with E-state index in [0.29, 0.717) is 11.1 Å². The first-order chi connectivity index (χ1) is 7.68. The molecule has 1 aliphatic rings. The highest BCUT2D eigenvalue weighted by molar-refractivity contribution is 6.36. The highest BCUT2D eigenvalue weighted by atomic mass is 35.5. The summed E-state index contributed by atoms with van der Waals surface area (Å²) in [7, 11) is 0. The maximum Gasteiger partial charge on any atom is 0.128 e. The molecule has 0 bridgehead atoms. The Balaban J connectivity index is 2.46. The fourth-order valence-corrected chi connectivity index (χ4v) is 2.74. The summed E-state index contributed by atoms with van der Waals surface area (Å²) >= 11 is 6.35. The monoisotopic (exact) mass is 235 g/mol. The van der Waals surface area contributed by atoms with Crippen molar-refractivity contribution >= 4 is 22.5 Å². The Hall–Kier alpha value is -1.15. The van der Waals surface area contributed by atoms with Crippen LogP contribution in [0.5, 0.6) is 0 Å². The molecule has 0 saturated carbocycles. The molecular weight excluding hydrogens is 225 g/mol. The maximum absolute atomic E-state index is 13.4. The van der Waals surface area contributed by atoms with Crippen LogP contribution in [0.1, 0.15) is 23.2 Å². The largest absolute Gasteiger partial charge is 0.252 e. The van der Waals surface area contributed by atoms with Gasteiger partial charge in [-0.25, -0.2) is 4.39 Å². The number of halogens is 2. The van der Waals surface area contributed by atoms with Gasteiger partial charge in [0.05, 0.1) is 10.5 Å². The van der Waals surface area contributed by atoms with Gasteiger partial charge < -0.3 is 0 Å². The summed E-state index contributed by atoms with van der Waals surface area (Å²) < 4.78 is 13.4. The third-order valence-corrected chi connectivity index (χ3v) is 3.73. The van der Waals surface area contributed by atoms with Gasteiger partial charge in [-0.1, -0.05) is 11.6 Å². The van der Waals surface area contributed by atoms with Gasteiger partial charge in [-0.3, -0.25) is 4.98 Å². The summed E-state index contributed by atoms with van der Waals surface area (Å²) in [6.45, 7) is 1.75. The topological polar surface area (TPSA) is 12.9 Å². The van der Waals surface area contributed by atoms with Gasteiger partial charge in [0.15, 0.2) is 0 Å². The van der Waals surface area contributed by atoms with Crippen LogP contribution in [0.25, 0.3) is 10.9 Å². The standard InChI is InChI=1S/C13H11ClFN/c1-7-10(15)6-5-9-12(14)8-3-2-4-11(8)16-13(7)9/h5-6H,2-4H2,1H3. The van der Waals surface area contributed by atoms with Gasteiger partial charge in [-0.2, -0.15) is 0 Å². The number of aryl methyl sites for hydroxylation is 2. The van der Waals surface area contributed by atoms with Crippen molar-refractivity contribution < 1.29 is 4.39 Å². The summed E-state index contributed by atoms with van der Waals surface area (Å²) in [4.78, 5) is 4.55. The Labute approximate surface area is 98.3 Å². The van der Waals surface area contributed by atoms with Crippen LogP contribution < -0.4 is 0 Å². The lowest BCUT2D eigenvalue weighted by molar-refractivity contribution is 0.620. The van der Waals surface area contributed by atoms with Gasteiger partial charge in [0.1, 0.15) is 5.82 Å². The predicted octanol–water partition coefficient (Wildman–Crippen LogP) is 3.82. The minimum absolute atomic E-state index is 0.214. The van der Waals surface area contributed by atoms with Gasteiger partial charge in [0.25, 0.3) is 0 Å². The molecule has 1 heterocycles. The molecule has 16 heavy (non-hydrogen) atoms. The van der Waals surface area contributed by atoms with E-state index in [4.69, 9.17) is 11.6 Å². The Bertz CT molecular complexity index is 592. The van der Waals surface area contributed by atoms with Crippen LogP contribution in [0.4, 0.5) is 4.39 Å². The average molecular weight is 236 g/mol. The Kier molecular flexibility index (Phi) is 2.15. The lowest BCUT2D eigenvalue weighted by Crippen LogP contribution is -1.95. The molecule has 0 N–H and O–H groups in total. The number of nitrogens with zero attached hydrogens (tertiary/aromatic N) is 1. The first-order valence-corrected chi connectivity index (χ1v) is 5.82. The second-order valence-corrected chi connectivity index (χ2v) is 4.65. The van der Waals surface area contributed by atoms with Crippen molar-refractivity contribution in [3.05, 3.63) is 39.8 Å². The Morgan fingerprint density at radius 2 is 2.12 bits per heavy atom. The molecule has 0 spiro atoms. The molecule has 1 aromatic heterocycles. The van der Waals surface area contributed by atoms with Crippen molar-refractivity contribution in [1.82, 2.24) is 4.98 Å². The van der Waals surface area contributed by atoms with Crippen LogP contribution in [-0.4, -0.2) is 4.98 Å². The highest BCUT2D eigenvalue weighted by Gasteiger charge is 2.19. The van der Waals surface area contributed by atoms with E-state index in [9.17, 15) is 4.39 Å². The van der Waals surface area contributed by atoms with E-state index < -0.39 is 0 Å². The molecule has 0 fully saturated rings. The van der Waals surface area contributed by atoms with E-state index in [1.165, 1.54) is 6.07 Å². The molecule has 82 valence electrons. The molecule has 2 aromatic rings. The third-order valence-electron chi connectivity index (χ3n) is 3.30. The SMILES string of the molecule is Cc1c(F)ccc2c(Cl)c3c(nc12)CCC3. The first kappa shape index (κ1) is 10.0. The lowest BCUT2D eigenvalue weighted by Gasteiger charge is -2.09. The van der Waals surface area contributed by atoms with Crippen molar-refractivity contribution in [1.29, 1.82) is 0 Å². The summed E-state index contributed by atoms with van der Waals surface area (Å²) in [6.07, 6.45) is 3.05. The lowest BCUT2D eigenvalue weighted by atomic mass is 10.1. The van der Waals surface area contributed by atoms with E-state index in [1.54, 1.807) is 13.0 Å². The Morgan fingerprint density at radius 3 is 2.94 bits per heavy atom. The van der Waals surface area contributed by atoms with Crippen LogP contribution in [0.15, 0.2) is 12.1 Å². The summed E-state index contributed by atoms with van der Waals surface area (Å²) in [5.41, 5.74) is 3.51. The normalized spacial score (nSPS) is 14.4. The molecule has 1 aromatic carbocycles. The molecule has 0 aliphatic heterocycles. The zero-order valence-electron chi connectivity index (χ0n) is 8.98. The van der Waals surface area contributed by atoms with Gasteiger partial charge >= 0.3 is 0 Å². The minimum atomic E-state index is -0.214. The molecule has 3 rings (SSSR count). The van der Waals surface area contributed by atoms with Crippen molar-refractivity contribution in [2.45, 2.75) is 26.2 Å². The van der Waals surface area contributed by atoms with E-state index in [2.05, 4.69) is 4.98 Å². The van der Waals surface area contributed by atoms with Crippen molar-refractivity contribution in [3.8, 4) is 0 Å². The second-order valence-electron chi connectivity index (χ2n) is 4.27. The second kappa shape index (κ2) is 3.42. The minimum Gasteiger partial charge on any atom is -0.252 e. The first-order valence-electron chi connectivity index (χ1n) is 5.44. The molecular formula is C13H11ClFN. The molecule has 0 unspecified atom stereocenters.